The molecule has 0 heterocycles. The summed E-state index contributed by atoms with van der Waals surface area (Å²) >= 11 is 1.37. The number of aryl methyl sites for hydroxylation is 1. The van der Waals surface area contributed by atoms with Gasteiger partial charge in [0, 0.05) is 11.7 Å². The second kappa shape index (κ2) is 15.7. The van der Waals surface area contributed by atoms with E-state index in [2.05, 4.69) is 75.7 Å². The van der Waals surface area contributed by atoms with E-state index in [9.17, 15) is 4.39 Å². The molecular weight excluding hydrogens is 507 g/mol. The van der Waals surface area contributed by atoms with Gasteiger partial charge in [-0.1, -0.05) is 112 Å². The van der Waals surface area contributed by atoms with Crippen LogP contribution in [0.25, 0.3) is 11.1 Å². The van der Waals surface area contributed by atoms with Crippen LogP contribution in [0.3, 0.4) is 0 Å². The Bertz CT molecular complexity index is 1140. The first kappa shape index (κ1) is 32.3. The summed E-state index contributed by atoms with van der Waals surface area (Å²) in [6.45, 7) is 12.4. The molecule has 0 aromatic heterocycles. The van der Waals surface area contributed by atoms with E-state index in [1.54, 1.807) is 25.0 Å². The van der Waals surface area contributed by atoms with Gasteiger partial charge in [-0.3, -0.25) is 0 Å². The number of alkyl halides is 1. The van der Waals surface area contributed by atoms with Crippen molar-refractivity contribution < 1.29 is 4.39 Å². The van der Waals surface area contributed by atoms with E-state index < -0.39 is 5.00 Å². The Morgan fingerprint density at radius 3 is 2.27 bits per heavy atom. The van der Waals surface area contributed by atoms with Gasteiger partial charge in [0.15, 0.2) is 5.00 Å². The van der Waals surface area contributed by atoms with Crippen LogP contribution < -0.4 is 0 Å². The Kier molecular flexibility index (Phi) is 12.6. The van der Waals surface area contributed by atoms with Gasteiger partial charge in [0.2, 0.25) is 0 Å². The van der Waals surface area contributed by atoms with Crippen molar-refractivity contribution in [3.63, 3.8) is 0 Å². The molecule has 2 aromatic rings. The lowest BCUT2D eigenvalue weighted by molar-refractivity contribution is 0.346. The van der Waals surface area contributed by atoms with Crippen molar-refractivity contribution in [2.24, 2.45) is 5.92 Å². The number of unbranched alkanes of at least 4 members (excludes halogenated alkanes) is 4. The topological polar surface area (TPSA) is 0 Å². The van der Waals surface area contributed by atoms with Gasteiger partial charge in [-0.25, -0.2) is 4.39 Å². The van der Waals surface area contributed by atoms with Crippen LogP contribution >= 0.6 is 11.8 Å². The van der Waals surface area contributed by atoms with E-state index in [4.69, 9.17) is 0 Å². The third-order valence-electron chi connectivity index (χ3n) is 8.50. The zero-order valence-electron chi connectivity index (χ0n) is 25.5. The molecule has 40 heavy (non-hydrogen) atoms. The van der Waals surface area contributed by atoms with Crippen molar-refractivity contribution in [3.05, 3.63) is 82.4 Å². The Labute approximate surface area is 249 Å². The summed E-state index contributed by atoms with van der Waals surface area (Å²) < 4.78 is 14.1. The highest BCUT2D eigenvalue weighted by Gasteiger charge is 2.36. The van der Waals surface area contributed by atoms with E-state index in [0.29, 0.717) is 17.6 Å². The minimum Gasteiger partial charge on any atom is -0.233 e. The molecule has 1 unspecified atom stereocenters. The van der Waals surface area contributed by atoms with E-state index in [1.807, 2.05) is 0 Å². The molecule has 1 fully saturated rings. The lowest BCUT2D eigenvalue weighted by Crippen LogP contribution is -2.09. The number of halogens is 1. The lowest BCUT2D eigenvalue weighted by atomic mass is 9.78. The van der Waals surface area contributed by atoms with Crippen molar-refractivity contribution in [3.8, 4) is 12.8 Å². The molecule has 0 amide bonds. The summed E-state index contributed by atoms with van der Waals surface area (Å²) in [6, 6.07) is 16.3. The number of rotatable bonds is 13. The Morgan fingerprint density at radius 2 is 1.62 bits per heavy atom. The molecule has 0 bridgehead atoms. The third kappa shape index (κ3) is 8.88. The van der Waals surface area contributed by atoms with E-state index in [0.717, 1.165) is 12.8 Å². The average molecular weight is 559 g/mol. The maximum absolute atomic E-state index is 14.1. The fourth-order valence-corrected chi connectivity index (χ4v) is 7.21. The predicted molar refractivity (Wildman–Crippen MR) is 177 cm³/mol. The number of fused-ring (bicyclic) bond motifs is 1. The van der Waals surface area contributed by atoms with Crippen LogP contribution in [0.15, 0.2) is 54.6 Å². The van der Waals surface area contributed by atoms with Crippen molar-refractivity contribution in [1.29, 1.82) is 0 Å². The number of benzene rings is 2. The SMILES string of the molecule is C#C.C=C(CCCCCCC)CC1C(c2ccc(CSC(C)(C)F)cc2)=C(C2CCCCC2)c2ccc(C)cc21. The van der Waals surface area contributed by atoms with Gasteiger partial charge in [0.1, 0.15) is 0 Å². The summed E-state index contributed by atoms with van der Waals surface area (Å²) in [6.07, 6.45) is 23.4. The Balaban J connectivity index is 0.00000216. The average Bonchev–Trinajstić information content (AvgIpc) is 3.26. The second-order valence-corrected chi connectivity index (χ2v) is 13.8. The summed E-state index contributed by atoms with van der Waals surface area (Å²) in [5, 5.41) is -1.21. The van der Waals surface area contributed by atoms with Gasteiger partial charge in [-0.05, 0) is 92.2 Å². The zero-order valence-corrected chi connectivity index (χ0v) is 26.4. The quantitative estimate of drug-likeness (QED) is 0.134. The highest BCUT2D eigenvalue weighted by Crippen LogP contribution is 2.54. The molecule has 0 saturated heterocycles. The molecule has 1 saturated carbocycles. The van der Waals surface area contributed by atoms with Crippen LogP contribution in [0.2, 0.25) is 0 Å². The number of allylic oxidation sites excluding steroid dienone is 3. The smallest absolute Gasteiger partial charge is 0.151 e. The first-order valence-electron chi connectivity index (χ1n) is 15.5. The number of thioether (sulfide) groups is 1. The largest absolute Gasteiger partial charge is 0.233 e. The summed E-state index contributed by atoms with van der Waals surface area (Å²) in [5.74, 6) is 1.74. The summed E-state index contributed by atoms with van der Waals surface area (Å²) in [4.78, 5) is 0. The highest BCUT2D eigenvalue weighted by molar-refractivity contribution is 7.99. The van der Waals surface area contributed by atoms with Crippen LogP contribution in [-0.2, 0) is 5.75 Å². The predicted octanol–water partition coefficient (Wildman–Crippen LogP) is 12.1. The fourth-order valence-electron chi connectivity index (χ4n) is 6.51. The molecule has 2 aliphatic carbocycles. The molecule has 0 N–H and O–H groups in total. The van der Waals surface area contributed by atoms with Crippen LogP contribution in [-0.4, -0.2) is 5.00 Å². The van der Waals surface area contributed by atoms with Crippen molar-refractivity contribution in [2.75, 3.05) is 0 Å². The molecule has 0 spiro atoms. The monoisotopic (exact) mass is 558 g/mol. The van der Waals surface area contributed by atoms with E-state index in [-0.39, 0.29) is 0 Å². The van der Waals surface area contributed by atoms with Gasteiger partial charge >= 0.3 is 0 Å². The Hall–Kier alpha value is -2.24. The van der Waals surface area contributed by atoms with E-state index in [1.165, 1.54) is 109 Å². The molecule has 1 atom stereocenters. The first-order chi connectivity index (χ1) is 19.3. The number of hydrogen-bond acceptors (Lipinski definition) is 1. The minimum absolute atomic E-state index is 0.384. The van der Waals surface area contributed by atoms with Crippen LogP contribution in [0, 0.1) is 25.7 Å². The standard InChI is InChI=1S/C36H49FS.C2H2/c1-6-7-8-9-11-14-26(2)24-33-32-23-27(3)17-22-31(32)34(29-15-12-10-13-16-29)35(33)30-20-18-28(19-21-30)25-38-36(4,5)37;1-2/h17-23,29,33H,2,6-16,24-25H2,1,3-5H3;1-2H. The highest BCUT2D eigenvalue weighted by atomic mass is 32.2. The zero-order chi connectivity index (χ0) is 29.1. The van der Waals surface area contributed by atoms with Crippen LogP contribution in [0.5, 0.6) is 0 Å². The van der Waals surface area contributed by atoms with Crippen LogP contribution in [0.1, 0.15) is 132 Å². The van der Waals surface area contributed by atoms with Gasteiger partial charge in [0.05, 0.1) is 0 Å². The molecule has 2 heteroatoms. The first-order valence-corrected chi connectivity index (χ1v) is 16.5. The molecule has 2 aliphatic rings. The van der Waals surface area contributed by atoms with Crippen LogP contribution in [0.4, 0.5) is 4.39 Å². The number of hydrogen-bond donors (Lipinski definition) is 0. The molecule has 0 nitrogen and oxygen atoms in total. The van der Waals surface area contributed by atoms with Gasteiger partial charge in [0.25, 0.3) is 0 Å². The molecular formula is C38H51FS. The number of terminal acetylenes is 1. The maximum Gasteiger partial charge on any atom is 0.151 e. The fraction of sp³-hybridized carbons (Fsp3) is 0.526. The maximum atomic E-state index is 14.1. The van der Waals surface area contributed by atoms with Crippen molar-refractivity contribution in [1.82, 2.24) is 0 Å². The molecule has 0 radical (unpaired) electrons. The Morgan fingerprint density at radius 1 is 0.950 bits per heavy atom. The van der Waals surface area contributed by atoms with Gasteiger partial charge in [-0.15, -0.1) is 24.6 Å². The van der Waals surface area contributed by atoms with Gasteiger partial charge < -0.3 is 0 Å². The molecule has 0 aliphatic heterocycles. The molecule has 2 aromatic carbocycles. The second-order valence-electron chi connectivity index (χ2n) is 12.3. The molecule has 4 rings (SSSR count). The summed E-state index contributed by atoms with van der Waals surface area (Å²) in [5.41, 5.74) is 11.5. The molecule has 216 valence electrons. The summed E-state index contributed by atoms with van der Waals surface area (Å²) in [7, 11) is 0. The normalized spacial score (nSPS) is 17.3. The van der Waals surface area contributed by atoms with E-state index >= 15 is 0 Å². The lowest BCUT2D eigenvalue weighted by Gasteiger charge is -2.26. The van der Waals surface area contributed by atoms with Gasteiger partial charge in [-0.2, -0.15) is 0 Å². The third-order valence-corrected chi connectivity index (χ3v) is 9.66. The minimum atomic E-state index is -1.21. The van der Waals surface area contributed by atoms with Crippen molar-refractivity contribution in [2.45, 2.75) is 121 Å². The van der Waals surface area contributed by atoms with Crippen molar-refractivity contribution >= 4 is 22.9 Å².